The maximum Gasteiger partial charge on any atom is 0.233 e. The van der Waals surface area contributed by atoms with E-state index in [-0.39, 0.29) is 5.95 Å². The van der Waals surface area contributed by atoms with E-state index >= 15 is 0 Å². The van der Waals surface area contributed by atoms with Gasteiger partial charge in [-0.05, 0) is 31.4 Å². The van der Waals surface area contributed by atoms with Gasteiger partial charge < -0.3 is 16.0 Å². The number of rotatable bonds is 3. The van der Waals surface area contributed by atoms with Crippen LogP contribution in [0.4, 0.5) is 23.5 Å². The summed E-state index contributed by atoms with van der Waals surface area (Å²) < 4.78 is 0. The van der Waals surface area contributed by atoms with E-state index in [0.29, 0.717) is 11.9 Å². The van der Waals surface area contributed by atoms with Crippen molar-refractivity contribution in [3.05, 3.63) is 30.3 Å². The number of nitrogen functional groups attached to an aromatic ring is 1. The Hall–Kier alpha value is -2.37. The van der Waals surface area contributed by atoms with Crippen molar-refractivity contribution in [1.82, 2.24) is 15.0 Å². The molecule has 3 N–H and O–H groups in total. The topological polar surface area (TPSA) is 80.0 Å². The first-order chi connectivity index (χ1) is 9.81. The fourth-order valence-corrected chi connectivity index (χ4v) is 2.32. The van der Waals surface area contributed by atoms with Crippen LogP contribution in [0.3, 0.4) is 0 Å². The largest absolute Gasteiger partial charge is 0.368 e. The molecule has 0 spiro atoms. The van der Waals surface area contributed by atoms with Gasteiger partial charge in [0.2, 0.25) is 17.8 Å². The molecule has 20 heavy (non-hydrogen) atoms. The Morgan fingerprint density at radius 2 is 1.70 bits per heavy atom. The molecule has 1 aliphatic heterocycles. The van der Waals surface area contributed by atoms with E-state index in [1.807, 2.05) is 30.3 Å². The predicted octanol–water partition coefficient (Wildman–Crippen LogP) is 2.19. The minimum Gasteiger partial charge on any atom is -0.368 e. The molecule has 1 fully saturated rings. The first-order valence-electron chi connectivity index (χ1n) is 6.90. The summed E-state index contributed by atoms with van der Waals surface area (Å²) in [5, 5.41) is 3.16. The predicted molar refractivity (Wildman–Crippen MR) is 80.0 cm³/mol. The number of benzene rings is 1. The number of nitrogens with two attached hydrogens (primary N) is 1. The zero-order valence-corrected chi connectivity index (χ0v) is 11.3. The second-order valence-electron chi connectivity index (χ2n) is 4.86. The number of hydrogen-bond acceptors (Lipinski definition) is 6. The highest BCUT2D eigenvalue weighted by atomic mass is 15.3. The zero-order valence-electron chi connectivity index (χ0n) is 11.3. The molecule has 0 amide bonds. The van der Waals surface area contributed by atoms with Gasteiger partial charge in [-0.2, -0.15) is 15.0 Å². The smallest absolute Gasteiger partial charge is 0.233 e. The Kier molecular flexibility index (Phi) is 3.62. The lowest BCUT2D eigenvalue weighted by atomic mass is 10.1. The molecule has 1 saturated heterocycles. The fourth-order valence-electron chi connectivity index (χ4n) is 2.32. The normalized spacial score (nSPS) is 15.1. The average Bonchev–Trinajstić information content (AvgIpc) is 2.49. The van der Waals surface area contributed by atoms with Crippen molar-refractivity contribution in [3.8, 4) is 0 Å². The lowest BCUT2D eigenvalue weighted by Gasteiger charge is -2.26. The number of aromatic nitrogens is 3. The third-order valence-electron chi connectivity index (χ3n) is 3.31. The number of anilines is 4. The summed E-state index contributed by atoms with van der Waals surface area (Å²) in [4.78, 5) is 15.0. The minimum absolute atomic E-state index is 0.249. The Balaban J connectivity index is 1.82. The van der Waals surface area contributed by atoms with Crippen molar-refractivity contribution in [3.63, 3.8) is 0 Å². The van der Waals surface area contributed by atoms with Gasteiger partial charge in [0.1, 0.15) is 0 Å². The third-order valence-corrected chi connectivity index (χ3v) is 3.31. The molecule has 1 aromatic heterocycles. The number of para-hydroxylation sites is 1. The van der Waals surface area contributed by atoms with Gasteiger partial charge in [0.25, 0.3) is 0 Å². The van der Waals surface area contributed by atoms with Gasteiger partial charge >= 0.3 is 0 Å². The average molecular weight is 270 g/mol. The first-order valence-corrected chi connectivity index (χ1v) is 6.90. The van der Waals surface area contributed by atoms with Crippen molar-refractivity contribution in [1.29, 1.82) is 0 Å². The maximum atomic E-state index is 5.79. The summed E-state index contributed by atoms with van der Waals surface area (Å²) in [6.07, 6.45) is 3.62. The van der Waals surface area contributed by atoms with Crippen LogP contribution in [0, 0.1) is 0 Å². The summed E-state index contributed by atoms with van der Waals surface area (Å²) in [6, 6.07) is 9.80. The summed E-state index contributed by atoms with van der Waals surface area (Å²) >= 11 is 0. The molecule has 6 heteroatoms. The molecule has 0 aliphatic carbocycles. The molecular weight excluding hydrogens is 252 g/mol. The molecule has 1 aromatic carbocycles. The SMILES string of the molecule is Nc1nc(Nc2ccccc2)nc(N2CCCCC2)n1. The molecule has 0 atom stereocenters. The van der Waals surface area contributed by atoms with Crippen molar-refractivity contribution in [2.75, 3.05) is 29.0 Å². The van der Waals surface area contributed by atoms with Crippen LogP contribution < -0.4 is 16.0 Å². The highest BCUT2D eigenvalue weighted by Gasteiger charge is 2.15. The van der Waals surface area contributed by atoms with Crippen LogP contribution in [-0.2, 0) is 0 Å². The zero-order chi connectivity index (χ0) is 13.8. The summed E-state index contributed by atoms with van der Waals surface area (Å²) in [5.74, 6) is 1.40. The van der Waals surface area contributed by atoms with Crippen LogP contribution in [-0.4, -0.2) is 28.0 Å². The number of piperidine rings is 1. The second kappa shape index (κ2) is 5.73. The van der Waals surface area contributed by atoms with E-state index in [1.165, 1.54) is 19.3 Å². The molecule has 3 rings (SSSR count). The van der Waals surface area contributed by atoms with Crippen molar-refractivity contribution in [2.24, 2.45) is 0 Å². The van der Waals surface area contributed by atoms with E-state index in [9.17, 15) is 0 Å². The highest BCUT2D eigenvalue weighted by molar-refractivity contribution is 5.55. The van der Waals surface area contributed by atoms with Gasteiger partial charge in [-0.3, -0.25) is 0 Å². The van der Waals surface area contributed by atoms with E-state index in [0.717, 1.165) is 18.8 Å². The summed E-state index contributed by atoms with van der Waals surface area (Å²) in [7, 11) is 0. The Bertz CT molecular complexity index is 565. The molecular formula is C14H18N6. The molecule has 0 bridgehead atoms. The molecule has 6 nitrogen and oxygen atoms in total. The van der Waals surface area contributed by atoms with Gasteiger partial charge in [0.15, 0.2) is 0 Å². The molecule has 0 unspecified atom stereocenters. The molecule has 2 aromatic rings. The molecule has 104 valence electrons. The van der Waals surface area contributed by atoms with Crippen LogP contribution in [0.5, 0.6) is 0 Å². The van der Waals surface area contributed by atoms with Crippen molar-refractivity contribution < 1.29 is 0 Å². The number of hydrogen-bond donors (Lipinski definition) is 2. The van der Waals surface area contributed by atoms with Crippen molar-refractivity contribution >= 4 is 23.5 Å². The van der Waals surface area contributed by atoms with Gasteiger partial charge in [-0.15, -0.1) is 0 Å². The van der Waals surface area contributed by atoms with Gasteiger partial charge in [0, 0.05) is 18.8 Å². The van der Waals surface area contributed by atoms with E-state index < -0.39 is 0 Å². The highest BCUT2D eigenvalue weighted by Crippen LogP contribution is 2.19. The Morgan fingerprint density at radius 1 is 0.950 bits per heavy atom. The van der Waals surface area contributed by atoms with Crippen LogP contribution in [0.25, 0.3) is 0 Å². The fraction of sp³-hybridized carbons (Fsp3) is 0.357. The van der Waals surface area contributed by atoms with Crippen LogP contribution >= 0.6 is 0 Å². The standard InChI is InChI=1S/C14H18N6/c15-12-17-13(16-11-7-3-1-4-8-11)19-14(18-12)20-9-5-2-6-10-20/h1,3-4,7-8H,2,5-6,9-10H2,(H3,15,16,17,18,19). The lowest BCUT2D eigenvalue weighted by molar-refractivity contribution is 0.568. The summed E-state index contributed by atoms with van der Waals surface area (Å²) in [6.45, 7) is 1.96. The van der Waals surface area contributed by atoms with Crippen LogP contribution in [0.1, 0.15) is 19.3 Å². The maximum absolute atomic E-state index is 5.79. The molecule has 0 saturated carbocycles. The minimum atomic E-state index is 0.249. The van der Waals surface area contributed by atoms with Gasteiger partial charge in [0.05, 0.1) is 0 Å². The van der Waals surface area contributed by atoms with Gasteiger partial charge in [-0.25, -0.2) is 0 Å². The Morgan fingerprint density at radius 3 is 2.45 bits per heavy atom. The number of nitrogens with zero attached hydrogens (tertiary/aromatic N) is 4. The second-order valence-corrected chi connectivity index (χ2v) is 4.86. The van der Waals surface area contributed by atoms with E-state index in [4.69, 9.17) is 5.73 Å². The molecule has 1 aliphatic rings. The van der Waals surface area contributed by atoms with E-state index in [2.05, 4.69) is 25.2 Å². The molecule has 0 radical (unpaired) electrons. The van der Waals surface area contributed by atoms with Gasteiger partial charge in [-0.1, -0.05) is 18.2 Å². The third kappa shape index (κ3) is 2.96. The van der Waals surface area contributed by atoms with E-state index in [1.54, 1.807) is 0 Å². The Labute approximate surface area is 118 Å². The van der Waals surface area contributed by atoms with Crippen molar-refractivity contribution in [2.45, 2.75) is 19.3 Å². The lowest BCUT2D eigenvalue weighted by Crippen LogP contribution is -2.31. The molecule has 2 heterocycles. The monoisotopic (exact) mass is 270 g/mol. The summed E-state index contributed by atoms with van der Waals surface area (Å²) in [5.41, 5.74) is 6.72. The van der Waals surface area contributed by atoms with Crippen LogP contribution in [0.15, 0.2) is 30.3 Å². The quantitative estimate of drug-likeness (QED) is 0.890. The first kappa shape index (κ1) is 12.7. The van der Waals surface area contributed by atoms with Crippen LogP contribution in [0.2, 0.25) is 0 Å². The number of nitrogens with one attached hydrogen (secondary N) is 1.